The average Bonchev–Trinajstić information content (AvgIpc) is 2.27. The van der Waals surface area contributed by atoms with E-state index in [-0.39, 0.29) is 17.6 Å². The zero-order chi connectivity index (χ0) is 12.0. The lowest BCUT2D eigenvalue weighted by Gasteiger charge is -2.29. The summed E-state index contributed by atoms with van der Waals surface area (Å²) < 4.78 is 28.2. The van der Waals surface area contributed by atoms with Gasteiger partial charge in [0.2, 0.25) is 0 Å². The predicted octanol–water partition coefficient (Wildman–Crippen LogP) is 0.968. The normalized spacial score (nSPS) is 26.9. The van der Waals surface area contributed by atoms with Crippen molar-refractivity contribution in [1.29, 1.82) is 0 Å². The van der Waals surface area contributed by atoms with Crippen LogP contribution in [0.15, 0.2) is 0 Å². The van der Waals surface area contributed by atoms with Gasteiger partial charge in [0.25, 0.3) is 0 Å². The van der Waals surface area contributed by atoms with Crippen molar-refractivity contribution in [2.24, 2.45) is 0 Å². The quantitative estimate of drug-likeness (QED) is 0.713. The van der Waals surface area contributed by atoms with Crippen LogP contribution in [0.1, 0.15) is 33.1 Å². The summed E-state index contributed by atoms with van der Waals surface area (Å²) in [6.07, 6.45) is 3.08. The van der Waals surface area contributed by atoms with E-state index in [1.807, 2.05) is 0 Å². The van der Waals surface area contributed by atoms with Gasteiger partial charge in [-0.1, -0.05) is 6.92 Å². The van der Waals surface area contributed by atoms with E-state index in [4.69, 9.17) is 4.74 Å². The van der Waals surface area contributed by atoms with Crippen LogP contribution in [-0.4, -0.2) is 45.2 Å². The first-order valence-electron chi connectivity index (χ1n) is 6.10. The molecule has 16 heavy (non-hydrogen) atoms. The molecule has 1 N–H and O–H groups in total. The molecule has 1 fully saturated rings. The molecule has 5 heteroatoms. The highest BCUT2D eigenvalue weighted by atomic mass is 32.2. The minimum atomic E-state index is -2.83. The van der Waals surface area contributed by atoms with Crippen LogP contribution in [0.25, 0.3) is 0 Å². The molecule has 4 nitrogen and oxygen atoms in total. The molecule has 0 spiro atoms. The molecule has 0 aromatic carbocycles. The van der Waals surface area contributed by atoms with Crippen molar-refractivity contribution in [3.05, 3.63) is 0 Å². The van der Waals surface area contributed by atoms with Crippen LogP contribution in [0, 0.1) is 0 Å². The maximum atomic E-state index is 11.2. The van der Waals surface area contributed by atoms with Crippen LogP contribution in [0.3, 0.4) is 0 Å². The first-order valence-corrected chi connectivity index (χ1v) is 7.92. The van der Waals surface area contributed by atoms with Gasteiger partial charge in [0.05, 0.1) is 11.9 Å². The highest BCUT2D eigenvalue weighted by molar-refractivity contribution is 7.91. The summed E-state index contributed by atoms with van der Waals surface area (Å²) >= 11 is 0. The maximum Gasteiger partial charge on any atom is 0.150 e. The number of rotatable bonds is 6. The Morgan fingerprint density at radius 3 is 2.81 bits per heavy atom. The minimum absolute atomic E-state index is 0.231. The Balaban J connectivity index is 2.15. The smallest absolute Gasteiger partial charge is 0.150 e. The molecule has 0 saturated carbocycles. The molecule has 2 unspecified atom stereocenters. The Hall–Kier alpha value is -0.130. The van der Waals surface area contributed by atoms with E-state index in [0.29, 0.717) is 19.1 Å². The van der Waals surface area contributed by atoms with E-state index in [2.05, 4.69) is 12.2 Å². The molecule has 0 aromatic rings. The van der Waals surface area contributed by atoms with Crippen LogP contribution in [0.5, 0.6) is 0 Å². The van der Waals surface area contributed by atoms with Crippen molar-refractivity contribution >= 4 is 9.84 Å². The van der Waals surface area contributed by atoms with Gasteiger partial charge in [-0.15, -0.1) is 0 Å². The first-order chi connectivity index (χ1) is 7.55. The van der Waals surface area contributed by atoms with E-state index in [1.54, 1.807) is 6.92 Å². The van der Waals surface area contributed by atoms with Gasteiger partial charge in [0.15, 0.2) is 0 Å². The van der Waals surface area contributed by atoms with Gasteiger partial charge in [-0.05, 0) is 32.7 Å². The lowest BCUT2D eigenvalue weighted by Crippen LogP contribution is -2.44. The summed E-state index contributed by atoms with van der Waals surface area (Å²) in [6.45, 7) is 5.41. The summed E-state index contributed by atoms with van der Waals surface area (Å²) in [4.78, 5) is 0. The summed E-state index contributed by atoms with van der Waals surface area (Å²) in [6, 6.07) is 0.386. The van der Waals surface area contributed by atoms with Gasteiger partial charge in [0, 0.05) is 18.4 Å². The highest BCUT2D eigenvalue weighted by Gasteiger charge is 2.21. The van der Waals surface area contributed by atoms with E-state index < -0.39 is 9.84 Å². The Bertz CT molecular complexity index is 290. The Kier molecular flexibility index (Phi) is 5.72. The molecule has 0 radical (unpaired) electrons. The summed E-state index contributed by atoms with van der Waals surface area (Å²) in [7, 11) is -2.83. The first kappa shape index (κ1) is 13.9. The predicted molar refractivity (Wildman–Crippen MR) is 65.4 cm³/mol. The molecule has 0 bridgehead atoms. The number of piperidine rings is 1. The van der Waals surface area contributed by atoms with Gasteiger partial charge < -0.3 is 10.1 Å². The third-order valence-corrected chi connectivity index (χ3v) is 4.85. The van der Waals surface area contributed by atoms with Crippen LogP contribution < -0.4 is 5.32 Å². The van der Waals surface area contributed by atoms with Crippen LogP contribution >= 0.6 is 0 Å². The number of hydrogen-bond acceptors (Lipinski definition) is 4. The summed E-state index contributed by atoms with van der Waals surface area (Å²) in [5.74, 6) is 0.479. The van der Waals surface area contributed by atoms with Crippen LogP contribution in [0.4, 0.5) is 0 Å². The zero-order valence-corrected chi connectivity index (χ0v) is 11.1. The molecule has 1 aliphatic heterocycles. The van der Waals surface area contributed by atoms with E-state index in [0.717, 1.165) is 19.4 Å². The second kappa shape index (κ2) is 6.57. The number of hydrogen-bond donors (Lipinski definition) is 1. The topological polar surface area (TPSA) is 55.4 Å². The molecule has 1 aliphatic rings. The molecule has 1 rings (SSSR count). The summed E-state index contributed by atoms with van der Waals surface area (Å²) in [5.41, 5.74) is 0. The summed E-state index contributed by atoms with van der Waals surface area (Å²) in [5, 5.41) is 3.36. The molecule has 0 aliphatic carbocycles. The Morgan fingerprint density at radius 1 is 1.44 bits per heavy atom. The lowest BCUT2D eigenvalue weighted by molar-refractivity contribution is 0.0133. The van der Waals surface area contributed by atoms with Crippen molar-refractivity contribution < 1.29 is 13.2 Å². The number of ether oxygens (including phenoxy) is 1. The van der Waals surface area contributed by atoms with E-state index in [1.165, 1.54) is 0 Å². The molecular formula is C11H23NO3S. The molecule has 96 valence electrons. The molecule has 0 aromatic heterocycles. The van der Waals surface area contributed by atoms with Crippen molar-refractivity contribution in [2.75, 3.05) is 24.7 Å². The molecule has 1 saturated heterocycles. The number of sulfone groups is 1. The minimum Gasteiger partial charge on any atom is -0.377 e. The van der Waals surface area contributed by atoms with Gasteiger partial charge in [-0.2, -0.15) is 0 Å². The van der Waals surface area contributed by atoms with E-state index in [9.17, 15) is 8.42 Å². The van der Waals surface area contributed by atoms with Crippen molar-refractivity contribution in [3.63, 3.8) is 0 Å². The highest BCUT2D eigenvalue weighted by Crippen LogP contribution is 2.12. The standard InChI is InChI=1S/C11H23NO3S/c1-3-16(13,14)9-5-8-15-11-6-4-7-12-10(11)2/h10-12H,3-9H2,1-2H3. The zero-order valence-electron chi connectivity index (χ0n) is 10.2. The van der Waals surface area contributed by atoms with Crippen molar-refractivity contribution in [1.82, 2.24) is 5.32 Å². The Labute approximate surface area is 98.7 Å². The fraction of sp³-hybridized carbons (Fsp3) is 1.00. The molecule has 2 atom stereocenters. The lowest BCUT2D eigenvalue weighted by atomic mass is 10.0. The van der Waals surface area contributed by atoms with Gasteiger partial charge in [0.1, 0.15) is 9.84 Å². The maximum absolute atomic E-state index is 11.2. The monoisotopic (exact) mass is 249 g/mol. The van der Waals surface area contributed by atoms with Crippen molar-refractivity contribution in [3.8, 4) is 0 Å². The number of nitrogens with one attached hydrogen (secondary N) is 1. The average molecular weight is 249 g/mol. The largest absolute Gasteiger partial charge is 0.377 e. The SMILES string of the molecule is CCS(=O)(=O)CCCOC1CCCNC1C. The molecular weight excluding hydrogens is 226 g/mol. The van der Waals surface area contributed by atoms with Gasteiger partial charge in [-0.3, -0.25) is 0 Å². The van der Waals surface area contributed by atoms with Crippen molar-refractivity contribution in [2.45, 2.75) is 45.3 Å². The van der Waals surface area contributed by atoms with Gasteiger partial charge in [-0.25, -0.2) is 8.42 Å². The van der Waals surface area contributed by atoms with Crippen LogP contribution in [0.2, 0.25) is 0 Å². The molecule has 0 amide bonds. The second-order valence-electron chi connectivity index (χ2n) is 4.38. The van der Waals surface area contributed by atoms with Crippen LogP contribution in [-0.2, 0) is 14.6 Å². The fourth-order valence-corrected chi connectivity index (χ4v) is 2.75. The second-order valence-corrected chi connectivity index (χ2v) is 6.86. The third kappa shape index (κ3) is 4.80. The van der Waals surface area contributed by atoms with Gasteiger partial charge >= 0.3 is 0 Å². The van der Waals surface area contributed by atoms with E-state index >= 15 is 0 Å². The fourth-order valence-electron chi connectivity index (χ4n) is 1.90. The third-order valence-electron chi connectivity index (χ3n) is 3.06. The molecule has 1 heterocycles. The Morgan fingerprint density at radius 2 is 2.19 bits per heavy atom.